The summed E-state index contributed by atoms with van der Waals surface area (Å²) in [4.78, 5) is 14.9. The Kier molecular flexibility index (Phi) is 6.72. The van der Waals surface area contributed by atoms with Crippen LogP contribution in [-0.4, -0.2) is 55.5 Å². The van der Waals surface area contributed by atoms with Crippen LogP contribution in [0, 0.1) is 13.8 Å². The summed E-state index contributed by atoms with van der Waals surface area (Å²) < 4.78 is 25.5. The number of hydrogen-bond acceptors (Lipinski definition) is 4. The zero-order valence-electron chi connectivity index (χ0n) is 17.3. The number of aryl methyl sites for hydroxylation is 2. The van der Waals surface area contributed by atoms with E-state index in [9.17, 15) is 13.2 Å². The van der Waals surface area contributed by atoms with Crippen LogP contribution in [0.15, 0.2) is 42.5 Å². The maximum absolute atomic E-state index is 12.6. The summed E-state index contributed by atoms with van der Waals surface area (Å²) in [5, 5.41) is 2.96. The van der Waals surface area contributed by atoms with Gasteiger partial charge in [0.25, 0.3) is 5.91 Å². The Morgan fingerprint density at radius 1 is 1.00 bits per heavy atom. The number of nitrogens with zero attached hydrogens (tertiary/aromatic N) is 2. The topological polar surface area (TPSA) is 69.7 Å². The molecule has 0 aromatic heterocycles. The van der Waals surface area contributed by atoms with Crippen LogP contribution in [-0.2, 0) is 16.6 Å². The quantitative estimate of drug-likeness (QED) is 0.787. The molecule has 1 heterocycles. The molecule has 7 heteroatoms. The van der Waals surface area contributed by atoms with Gasteiger partial charge in [-0.1, -0.05) is 18.2 Å². The monoisotopic (exact) mass is 415 g/mol. The molecule has 1 aliphatic heterocycles. The number of nitrogens with one attached hydrogen (secondary N) is 1. The molecule has 0 aliphatic carbocycles. The Bertz CT molecular complexity index is 981. The Balaban J connectivity index is 1.61. The maximum atomic E-state index is 12.6. The van der Waals surface area contributed by atoms with Crippen LogP contribution >= 0.6 is 0 Å². The molecule has 0 radical (unpaired) electrons. The van der Waals surface area contributed by atoms with Crippen molar-refractivity contribution in [3.8, 4) is 0 Å². The Hall–Kier alpha value is -2.22. The van der Waals surface area contributed by atoms with Crippen LogP contribution in [0.5, 0.6) is 0 Å². The predicted octanol–water partition coefficient (Wildman–Crippen LogP) is 3.02. The van der Waals surface area contributed by atoms with Crippen molar-refractivity contribution < 1.29 is 13.2 Å². The number of hydrogen-bond donors (Lipinski definition) is 1. The molecule has 2 aromatic carbocycles. The lowest BCUT2D eigenvalue weighted by Gasteiger charge is -2.33. The smallest absolute Gasteiger partial charge is 0.255 e. The molecule has 0 atom stereocenters. The van der Waals surface area contributed by atoms with Gasteiger partial charge >= 0.3 is 0 Å². The lowest BCUT2D eigenvalue weighted by atomic mass is 10.1. The molecule has 1 fully saturated rings. The molecule has 0 bridgehead atoms. The predicted molar refractivity (Wildman–Crippen MR) is 117 cm³/mol. The highest BCUT2D eigenvalue weighted by molar-refractivity contribution is 7.89. The fraction of sp³-hybridized carbons (Fsp3) is 0.409. The summed E-state index contributed by atoms with van der Waals surface area (Å²) >= 11 is 0. The summed E-state index contributed by atoms with van der Waals surface area (Å²) in [7, 11) is -3.12. The van der Waals surface area contributed by atoms with Crippen molar-refractivity contribution in [2.45, 2.75) is 27.3 Å². The van der Waals surface area contributed by atoms with Crippen molar-refractivity contribution in [1.29, 1.82) is 0 Å². The van der Waals surface area contributed by atoms with Gasteiger partial charge in [0.2, 0.25) is 10.0 Å². The molecule has 0 unspecified atom stereocenters. The van der Waals surface area contributed by atoms with Gasteiger partial charge in [0.15, 0.2) is 0 Å². The highest BCUT2D eigenvalue weighted by Crippen LogP contribution is 2.17. The zero-order valence-corrected chi connectivity index (χ0v) is 18.1. The van der Waals surface area contributed by atoms with E-state index in [0.717, 1.165) is 16.8 Å². The number of anilines is 1. The van der Waals surface area contributed by atoms with Crippen LogP contribution in [0.2, 0.25) is 0 Å². The van der Waals surface area contributed by atoms with Gasteiger partial charge in [-0.15, -0.1) is 0 Å². The minimum absolute atomic E-state index is 0.131. The van der Waals surface area contributed by atoms with Crippen LogP contribution < -0.4 is 5.32 Å². The molecule has 3 rings (SSSR count). The van der Waals surface area contributed by atoms with Gasteiger partial charge in [-0.25, -0.2) is 8.42 Å². The summed E-state index contributed by atoms with van der Waals surface area (Å²) in [6, 6.07) is 13.5. The third kappa shape index (κ3) is 5.44. The molecule has 1 N–H and O–H groups in total. The van der Waals surface area contributed by atoms with Crippen LogP contribution in [0.25, 0.3) is 0 Å². The molecular weight excluding hydrogens is 386 g/mol. The summed E-state index contributed by atoms with van der Waals surface area (Å²) in [5.41, 5.74) is 4.78. The van der Waals surface area contributed by atoms with E-state index in [0.29, 0.717) is 38.3 Å². The highest BCUT2D eigenvalue weighted by atomic mass is 32.2. The number of benzene rings is 2. The number of carbonyl (C=O) groups is 1. The average molecular weight is 416 g/mol. The van der Waals surface area contributed by atoms with Gasteiger partial charge in [0, 0.05) is 44.0 Å². The zero-order chi connectivity index (χ0) is 21.0. The van der Waals surface area contributed by atoms with Gasteiger partial charge in [-0.2, -0.15) is 4.31 Å². The third-order valence-corrected chi connectivity index (χ3v) is 7.33. The van der Waals surface area contributed by atoms with Gasteiger partial charge in [-0.05, 0) is 61.7 Å². The molecule has 156 valence electrons. The third-order valence-electron chi connectivity index (χ3n) is 5.45. The molecule has 1 amide bonds. The van der Waals surface area contributed by atoms with Gasteiger partial charge in [-0.3, -0.25) is 9.69 Å². The average Bonchev–Trinajstić information content (AvgIpc) is 2.71. The molecule has 1 aliphatic rings. The highest BCUT2D eigenvalue weighted by Gasteiger charge is 2.25. The van der Waals surface area contributed by atoms with Crippen molar-refractivity contribution in [3.05, 3.63) is 64.7 Å². The van der Waals surface area contributed by atoms with E-state index in [2.05, 4.69) is 10.2 Å². The standard InChI is InChI=1S/C22H29N3O3S/c1-4-29(27,28)25-12-10-24(11-13-25)16-19-6-5-7-20(15-19)22(26)23-21-9-8-17(2)18(3)14-21/h5-9,14-15H,4,10-13,16H2,1-3H3,(H,23,26). The second-order valence-electron chi connectivity index (χ2n) is 7.53. The molecule has 0 spiro atoms. The van der Waals surface area contributed by atoms with Crippen LogP contribution in [0.1, 0.15) is 34.0 Å². The minimum atomic E-state index is -3.12. The first-order valence-electron chi connectivity index (χ1n) is 9.96. The van der Waals surface area contributed by atoms with Gasteiger partial charge in [0.05, 0.1) is 5.75 Å². The Morgan fingerprint density at radius 2 is 1.72 bits per heavy atom. The Morgan fingerprint density at radius 3 is 2.38 bits per heavy atom. The number of amides is 1. The molecular formula is C22H29N3O3S. The Labute approximate surface area is 173 Å². The number of piperazine rings is 1. The van der Waals surface area contributed by atoms with Gasteiger partial charge in [0.1, 0.15) is 0 Å². The second-order valence-corrected chi connectivity index (χ2v) is 9.79. The summed E-state index contributed by atoms with van der Waals surface area (Å²) in [6.07, 6.45) is 0. The molecule has 1 saturated heterocycles. The number of sulfonamides is 1. The van der Waals surface area contributed by atoms with E-state index in [4.69, 9.17) is 0 Å². The fourth-order valence-electron chi connectivity index (χ4n) is 3.44. The van der Waals surface area contributed by atoms with E-state index in [1.54, 1.807) is 11.2 Å². The first kappa shape index (κ1) is 21.5. The second kappa shape index (κ2) is 9.07. The lowest BCUT2D eigenvalue weighted by molar-refractivity contribution is 0.102. The van der Waals surface area contributed by atoms with Crippen molar-refractivity contribution in [2.24, 2.45) is 0 Å². The van der Waals surface area contributed by atoms with E-state index in [1.807, 2.05) is 56.3 Å². The summed E-state index contributed by atoms with van der Waals surface area (Å²) in [5.74, 6) is 0.0129. The van der Waals surface area contributed by atoms with E-state index >= 15 is 0 Å². The number of carbonyl (C=O) groups excluding carboxylic acids is 1. The lowest BCUT2D eigenvalue weighted by Crippen LogP contribution is -2.48. The maximum Gasteiger partial charge on any atom is 0.255 e. The van der Waals surface area contributed by atoms with Crippen molar-refractivity contribution in [3.63, 3.8) is 0 Å². The summed E-state index contributed by atoms with van der Waals surface area (Å²) in [6.45, 7) is 8.86. The van der Waals surface area contributed by atoms with E-state index < -0.39 is 10.0 Å². The largest absolute Gasteiger partial charge is 0.322 e. The number of rotatable bonds is 6. The normalized spacial score (nSPS) is 16.0. The SMILES string of the molecule is CCS(=O)(=O)N1CCN(Cc2cccc(C(=O)Nc3ccc(C)c(C)c3)c2)CC1. The van der Waals surface area contributed by atoms with Crippen LogP contribution in [0.4, 0.5) is 5.69 Å². The van der Waals surface area contributed by atoms with Crippen molar-refractivity contribution in [2.75, 3.05) is 37.2 Å². The first-order valence-corrected chi connectivity index (χ1v) is 11.6. The van der Waals surface area contributed by atoms with Crippen LogP contribution in [0.3, 0.4) is 0 Å². The molecule has 6 nitrogen and oxygen atoms in total. The molecule has 2 aromatic rings. The fourth-order valence-corrected chi connectivity index (χ4v) is 4.52. The molecule has 29 heavy (non-hydrogen) atoms. The van der Waals surface area contributed by atoms with Crippen molar-refractivity contribution >= 4 is 21.6 Å². The van der Waals surface area contributed by atoms with E-state index in [1.165, 1.54) is 5.56 Å². The molecule has 0 saturated carbocycles. The van der Waals surface area contributed by atoms with E-state index in [-0.39, 0.29) is 11.7 Å². The van der Waals surface area contributed by atoms with Gasteiger partial charge < -0.3 is 5.32 Å². The first-order chi connectivity index (χ1) is 13.8. The minimum Gasteiger partial charge on any atom is -0.322 e. The van der Waals surface area contributed by atoms with Crippen molar-refractivity contribution in [1.82, 2.24) is 9.21 Å².